The lowest BCUT2D eigenvalue weighted by Gasteiger charge is -2.47. The van der Waals surface area contributed by atoms with Crippen molar-refractivity contribution in [2.24, 2.45) is 0 Å². The highest BCUT2D eigenvalue weighted by Crippen LogP contribution is 2.36. The maximum atomic E-state index is 12.0. The molecule has 11 heteroatoms. The fourth-order valence-corrected chi connectivity index (χ4v) is 4.05. The molecular weight excluding hydrogens is 344 g/mol. The van der Waals surface area contributed by atoms with Gasteiger partial charge in [-0.25, -0.2) is 9.78 Å². The minimum absolute atomic E-state index is 0.123. The molecule has 9 nitrogen and oxygen atoms in total. The van der Waals surface area contributed by atoms with E-state index in [1.165, 1.54) is 28.2 Å². The fraction of sp³-hybridized carbons (Fsp3) is 0.333. The predicted molar refractivity (Wildman–Crippen MR) is 82.2 cm³/mol. The maximum absolute atomic E-state index is 12.0. The first-order valence-corrected chi connectivity index (χ1v) is 8.38. The molecule has 2 unspecified atom stereocenters. The Kier molecular flexibility index (Phi) is 4.00. The minimum atomic E-state index is -1.51. The number of thioether (sulfide) groups is 1. The second-order valence-corrected chi connectivity index (χ2v) is 6.90. The van der Waals surface area contributed by atoms with Crippen LogP contribution in [0.15, 0.2) is 17.2 Å². The van der Waals surface area contributed by atoms with Crippen LogP contribution in [-0.2, 0) is 14.4 Å². The molecule has 1 aromatic heterocycles. The average Bonchev–Trinajstić information content (AvgIpc) is 2.97. The molecule has 2 amide bonds. The second-order valence-electron chi connectivity index (χ2n) is 4.91. The number of thiazole rings is 1. The number of amides is 2. The van der Waals surface area contributed by atoms with Gasteiger partial charge in [0.05, 0.1) is 11.3 Å². The summed E-state index contributed by atoms with van der Waals surface area (Å²) in [6, 6.07) is -0.801. The number of nitrogen functional groups attached to an aromatic ring is 1. The van der Waals surface area contributed by atoms with Crippen LogP contribution in [0, 0.1) is 0 Å². The van der Waals surface area contributed by atoms with Crippen molar-refractivity contribution in [2.45, 2.75) is 17.5 Å². The van der Waals surface area contributed by atoms with E-state index in [1.54, 1.807) is 0 Å². The van der Waals surface area contributed by atoms with Crippen LogP contribution < -0.4 is 11.1 Å². The number of aromatic nitrogens is 1. The standard InChI is InChI=1S/C12H12N4O5S2/c13-12-14-5(3-23-12)7(17)8(18)15-6-9(19)16-1-4(11(20)21)2-22-10(6)16/h1,3,6-7,10,17H,2H2,(H2,13,14)(H,15,18)(H,20,21)/t6?,7?,10-/m1/s1. The van der Waals surface area contributed by atoms with Crippen molar-refractivity contribution in [1.29, 1.82) is 0 Å². The topological polar surface area (TPSA) is 146 Å². The smallest absolute Gasteiger partial charge is 0.333 e. The van der Waals surface area contributed by atoms with Crippen LogP contribution >= 0.6 is 23.1 Å². The molecule has 3 rings (SSSR count). The van der Waals surface area contributed by atoms with Gasteiger partial charge in [-0.1, -0.05) is 0 Å². The van der Waals surface area contributed by atoms with Crippen molar-refractivity contribution in [3.63, 3.8) is 0 Å². The highest BCUT2D eigenvalue weighted by atomic mass is 32.2. The molecular formula is C12H12N4O5S2. The number of nitrogens with zero attached hydrogens (tertiary/aromatic N) is 2. The van der Waals surface area contributed by atoms with Crippen LogP contribution in [0.3, 0.4) is 0 Å². The molecule has 0 bridgehead atoms. The van der Waals surface area contributed by atoms with Gasteiger partial charge in [0, 0.05) is 17.3 Å². The molecule has 0 radical (unpaired) electrons. The quantitative estimate of drug-likeness (QED) is 0.509. The Morgan fingerprint density at radius 1 is 1.52 bits per heavy atom. The number of aliphatic hydroxyl groups excluding tert-OH is 1. The Bertz CT molecular complexity index is 718. The highest BCUT2D eigenvalue weighted by molar-refractivity contribution is 8.00. The van der Waals surface area contributed by atoms with Gasteiger partial charge in [0.2, 0.25) is 0 Å². The fourth-order valence-electron chi connectivity index (χ4n) is 2.22. The normalized spacial score (nSPS) is 24.3. The zero-order chi connectivity index (χ0) is 16.7. The number of carbonyl (C=O) groups excluding carboxylic acids is 2. The first kappa shape index (κ1) is 15.8. The number of nitrogens with one attached hydrogen (secondary N) is 1. The Hall–Kier alpha value is -2.11. The molecule has 3 atom stereocenters. The molecule has 23 heavy (non-hydrogen) atoms. The average molecular weight is 356 g/mol. The minimum Gasteiger partial charge on any atom is -0.478 e. The van der Waals surface area contributed by atoms with Gasteiger partial charge in [0.15, 0.2) is 11.2 Å². The highest BCUT2D eigenvalue weighted by Gasteiger charge is 2.50. The number of anilines is 1. The van der Waals surface area contributed by atoms with Gasteiger partial charge in [-0.3, -0.25) is 9.59 Å². The molecule has 122 valence electrons. The lowest BCUT2D eigenvalue weighted by atomic mass is 10.1. The summed E-state index contributed by atoms with van der Waals surface area (Å²) in [5.41, 5.74) is 5.70. The number of carboxylic acids is 1. The van der Waals surface area contributed by atoms with E-state index in [2.05, 4.69) is 10.3 Å². The second kappa shape index (κ2) is 5.83. The van der Waals surface area contributed by atoms with Crippen LogP contribution in [0.5, 0.6) is 0 Å². The van der Waals surface area contributed by atoms with E-state index in [-0.39, 0.29) is 27.5 Å². The van der Waals surface area contributed by atoms with E-state index in [4.69, 9.17) is 10.8 Å². The molecule has 0 aromatic carbocycles. The molecule has 0 aliphatic carbocycles. The summed E-state index contributed by atoms with van der Waals surface area (Å²) >= 11 is 2.34. The maximum Gasteiger partial charge on any atom is 0.333 e. The van der Waals surface area contributed by atoms with Gasteiger partial charge in [-0.15, -0.1) is 23.1 Å². The van der Waals surface area contributed by atoms with E-state index in [0.29, 0.717) is 0 Å². The van der Waals surface area contributed by atoms with E-state index in [1.807, 2.05) is 0 Å². The SMILES string of the molecule is Nc1nc(C(O)C(=O)NC2C(=O)N3C=C(C(=O)O)CS[C@H]23)cs1. The van der Waals surface area contributed by atoms with Crippen LogP contribution in [-0.4, -0.2) is 55.0 Å². The van der Waals surface area contributed by atoms with E-state index >= 15 is 0 Å². The van der Waals surface area contributed by atoms with E-state index in [0.717, 1.165) is 11.3 Å². The van der Waals surface area contributed by atoms with E-state index < -0.39 is 29.9 Å². The van der Waals surface area contributed by atoms with Crippen molar-refractivity contribution in [3.8, 4) is 0 Å². The summed E-state index contributed by atoms with van der Waals surface area (Å²) in [7, 11) is 0. The molecule has 1 fully saturated rings. The van der Waals surface area contributed by atoms with Crippen LogP contribution in [0.25, 0.3) is 0 Å². The summed E-state index contributed by atoms with van der Waals surface area (Å²) in [4.78, 5) is 40.0. The Labute approximate surface area is 138 Å². The van der Waals surface area contributed by atoms with Gasteiger partial charge >= 0.3 is 5.97 Å². The summed E-state index contributed by atoms with van der Waals surface area (Å²) in [6.07, 6.45) is -0.226. The number of carboxylic acid groups (broad SMARTS) is 1. The van der Waals surface area contributed by atoms with Gasteiger partial charge < -0.3 is 26.2 Å². The van der Waals surface area contributed by atoms with E-state index in [9.17, 15) is 19.5 Å². The number of aliphatic hydroxyl groups is 1. The molecule has 1 saturated heterocycles. The summed E-state index contributed by atoms with van der Waals surface area (Å²) < 4.78 is 0. The summed E-state index contributed by atoms with van der Waals surface area (Å²) in [5, 5.41) is 22.6. The molecule has 0 spiro atoms. The monoisotopic (exact) mass is 356 g/mol. The van der Waals surface area contributed by atoms with Gasteiger partial charge in [0.1, 0.15) is 11.4 Å². The van der Waals surface area contributed by atoms with Crippen molar-refractivity contribution in [2.75, 3.05) is 11.5 Å². The summed E-state index contributed by atoms with van der Waals surface area (Å²) in [6.45, 7) is 0. The Morgan fingerprint density at radius 3 is 2.87 bits per heavy atom. The third kappa shape index (κ3) is 2.78. The Morgan fingerprint density at radius 2 is 2.26 bits per heavy atom. The third-order valence-corrected chi connectivity index (χ3v) is 5.44. The van der Waals surface area contributed by atoms with Crippen molar-refractivity contribution < 1.29 is 24.6 Å². The van der Waals surface area contributed by atoms with Crippen molar-refractivity contribution in [3.05, 3.63) is 22.8 Å². The zero-order valence-electron chi connectivity index (χ0n) is 11.5. The number of carbonyl (C=O) groups is 3. The number of rotatable bonds is 4. The number of hydrogen-bond donors (Lipinski definition) is 4. The number of fused-ring (bicyclic) bond motifs is 1. The third-order valence-electron chi connectivity index (χ3n) is 3.43. The molecule has 0 saturated carbocycles. The van der Waals surface area contributed by atoms with Gasteiger partial charge in [0.25, 0.3) is 11.8 Å². The molecule has 2 aliphatic heterocycles. The van der Waals surface area contributed by atoms with Crippen molar-refractivity contribution in [1.82, 2.24) is 15.2 Å². The molecule has 5 N–H and O–H groups in total. The molecule has 1 aromatic rings. The van der Waals surface area contributed by atoms with Crippen LogP contribution in [0.4, 0.5) is 5.13 Å². The largest absolute Gasteiger partial charge is 0.478 e. The lowest BCUT2D eigenvalue weighted by Crippen LogP contribution is -2.68. The van der Waals surface area contributed by atoms with Gasteiger partial charge in [-0.05, 0) is 0 Å². The predicted octanol–water partition coefficient (Wildman–Crippen LogP) is -0.873. The van der Waals surface area contributed by atoms with Crippen LogP contribution in [0.2, 0.25) is 0 Å². The number of nitrogens with two attached hydrogens (primary N) is 1. The van der Waals surface area contributed by atoms with Gasteiger partial charge in [-0.2, -0.15) is 0 Å². The number of aliphatic carboxylic acids is 1. The lowest BCUT2D eigenvalue weighted by molar-refractivity contribution is -0.147. The zero-order valence-corrected chi connectivity index (χ0v) is 13.1. The molecule has 3 heterocycles. The summed E-state index contributed by atoms with van der Waals surface area (Å²) in [5.74, 6) is -2.00. The number of hydrogen-bond acceptors (Lipinski definition) is 8. The first-order chi connectivity index (χ1) is 10.9. The van der Waals surface area contributed by atoms with Crippen LogP contribution in [0.1, 0.15) is 11.8 Å². The first-order valence-electron chi connectivity index (χ1n) is 6.45. The van der Waals surface area contributed by atoms with Crippen molar-refractivity contribution >= 4 is 46.0 Å². The Balaban J connectivity index is 1.65. The molecule has 2 aliphatic rings. The number of β-lactam (4-membered cyclic amide) rings is 1.